The van der Waals surface area contributed by atoms with Gasteiger partial charge in [0, 0.05) is 30.6 Å². The van der Waals surface area contributed by atoms with Gasteiger partial charge in [-0.3, -0.25) is 4.98 Å². The first-order chi connectivity index (χ1) is 12.9. The third kappa shape index (κ3) is 2.61. The third-order valence-electron chi connectivity index (χ3n) is 7.23. The predicted octanol–water partition coefficient (Wildman–Crippen LogP) is 7.13. The Morgan fingerprint density at radius 3 is 2.48 bits per heavy atom. The van der Waals surface area contributed by atoms with Crippen LogP contribution in [0.15, 0.2) is 48.7 Å². The van der Waals surface area contributed by atoms with Gasteiger partial charge in [-0.15, -0.1) is 0 Å². The zero-order chi connectivity index (χ0) is 18.8. The van der Waals surface area contributed by atoms with Gasteiger partial charge in [0.25, 0.3) is 0 Å². The minimum absolute atomic E-state index is 0.0174. The standard InChI is InChI=1S/C25H29NSi/c1-25(2)21-8-6-5-7-20(21)24-23-18(9-12-26-24)15-19(16-22(23)25)17-10-13-27(3,4)14-11-17/h5-9,12,15-17H,10-11,13-14H2,1-4H3. The molecule has 2 heterocycles. The van der Waals surface area contributed by atoms with Gasteiger partial charge in [0.05, 0.1) is 5.69 Å². The molecule has 1 saturated heterocycles. The van der Waals surface area contributed by atoms with Crippen molar-refractivity contribution in [2.24, 2.45) is 0 Å². The molecule has 0 bridgehead atoms. The van der Waals surface area contributed by atoms with Crippen molar-refractivity contribution >= 4 is 18.8 Å². The average molecular weight is 372 g/mol. The van der Waals surface area contributed by atoms with E-state index in [1.807, 2.05) is 6.20 Å². The van der Waals surface area contributed by atoms with Gasteiger partial charge in [-0.05, 0) is 46.9 Å². The van der Waals surface area contributed by atoms with Crippen LogP contribution >= 0.6 is 0 Å². The molecule has 2 heteroatoms. The van der Waals surface area contributed by atoms with Gasteiger partial charge in [-0.25, -0.2) is 0 Å². The zero-order valence-corrected chi connectivity index (χ0v) is 18.0. The summed E-state index contributed by atoms with van der Waals surface area (Å²) in [6.45, 7) is 9.89. The highest BCUT2D eigenvalue weighted by atomic mass is 28.3. The highest BCUT2D eigenvalue weighted by molar-refractivity contribution is 6.77. The van der Waals surface area contributed by atoms with E-state index < -0.39 is 8.07 Å². The number of aromatic nitrogens is 1. The molecule has 2 aliphatic rings. The Labute approximate surface area is 163 Å². The van der Waals surface area contributed by atoms with Crippen molar-refractivity contribution in [1.82, 2.24) is 4.98 Å². The smallest absolute Gasteiger partial charge is 0.0786 e. The van der Waals surface area contributed by atoms with Crippen molar-refractivity contribution in [2.75, 3.05) is 0 Å². The number of nitrogens with zero attached hydrogens (tertiary/aromatic N) is 1. The van der Waals surface area contributed by atoms with Crippen molar-refractivity contribution in [3.63, 3.8) is 0 Å². The summed E-state index contributed by atoms with van der Waals surface area (Å²) in [6.07, 6.45) is 4.75. The van der Waals surface area contributed by atoms with Crippen molar-refractivity contribution in [2.45, 2.75) is 63.2 Å². The van der Waals surface area contributed by atoms with Crippen molar-refractivity contribution in [1.29, 1.82) is 0 Å². The Kier molecular flexibility index (Phi) is 3.68. The molecule has 0 N–H and O–H groups in total. The molecule has 0 radical (unpaired) electrons. The molecule has 0 atom stereocenters. The molecular formula is C25H29NSi. The minimum Gasteiger partial charge on any atom is -0.256 e. The summed E-state index contributed by atoms with van der Waals surface area (Å²) < 4.78 is 0. The van der Waals surface area contributed by atoms with Crippen LogP contribution < -0.4 is 0 Å². The summed E-state index contributed by atoms with van der Waals surface area (Å²) in [4.78, 5) is 4.81. The van der Waals surface area contributed by atoms with E-state index in [-0.39, 0.29) is 5.41 Å². The molecule has 2 aromatic carbocycles. The lowest BCUT2D eigenvalue weighted by atomic mass is 9.69. The molecule has 1 aliphatic heterocycles. The summed E-state index contributed by atoms with van der Waals surface area (Å²) in [5.41, 5.74) is 6.93. The molecule has 1 aliphatic carbocycles. The summed E-state index contributed by atoms with van der Waals surface area (Å²) in [6, 6.07) is 19.0. The Hall–Kier alpha value is -1.93. The highest BCUT2D eigenvalue weighted by Gasteiger charge is 2.35. The van der Waals surface area contributed by atoms with Crippen LogP contribution in [-0.2, 0) is 5.41 Å². The second kappa shape index (κ2) is 5.78. The average Bonchev–Trinajstić information content (AvgIpc) is 2.66. The maximum absolute atomic E-state index is 4.81. The fourth-order valence-corrected chi connectivity index (χ4v) is 7.90. The fourth-order valence-electron chi connectivity index (χ4n) is 5.39. The number of benzene rings is 2. The van der Waals surface area contributed by atoms with Gasteiger partial charge in [0.15, 0.2) is 0 Å². The number of rotatable bonds is 1. The molecule has 0 spiro atoms. The van der Waals surface area contributed by atoms with Gasteiger partial charge < -0.3 is 0 Å². The van der Waals surface area contributed by atoms with Crippen LogP contribution in [0.1, 0.15) is 49.3 Å². The molecule has 3 aromatic rings. The summed E-state index contributed by atoms with van der Waals surface area (Å²) in [7, 11) is -0.924. The second-order valence-electron chi connectivity index (χ2n) is 9.94. The highest BCUT2D eigenvalue weighted by Crippen LogP contribution is 2.49. The van der Waals surface area contributed by atoms with E-state index in [0.29, 0.717) is 0 Å². The molecule has 0 amide bonds. The predicted molar refractivity (Wildman–Crippen MR) is 118 cm³/mol. The van der Waals surface area contributed by atoms with Gasteiger partial charge in [-0.2, -0.15) is 0 Å². The van der Waals surface area contributed by atoms with E-state index in [9.17, 15) is 0 Å². The van der Waals surface area contributed by atoms with E-state index in [1.54, 1.807) is 5.56 Å². The van der Waals surface area contributed by atoms with E-state index >= 15 is 0 Å². The second-order valence-corrected chi connectivity index (χ2v) is 15.3. The maximum Gasteiger partial charge on any atom is 0.0786 e. The summed E-state index contributed by atoms with van der Waals surface area (Å²) in [5.74, 6) is 0.732. The van der Waals surface area contributed by atoms with Crippen molar-refractivity contribution in [3.8, 4) is 11.3 Å². The molecular weight excluding hydrogens is 342 g/mol. The number of fused-ring (bicyclic) bond motifs is 2. The topological polar surface area (TPSA) is 12.9 Å². The molecule has 138 valence electrons. The monoisotopic (exact) mass is 371 g/mol. The first kappa shape index (κ1) is 17.2. The van der Waals surface area contributed by atoms with Gasteiger partial charge >= 0.3 is 0 Å². The van der Waals surface area contributed by atoms with E-state index in [1.165, 1.54) is 58.1 Å². The van der Waals surface area contributed by atoms with Crippen LogP contribution in [0.2, 0.25) is 25.2 Å². The summed E-state index contributed by atoms with van der Waals surface area (Å²) >= 11 is 0. The molecule has 1 aromatic heterocycles. The minimum atomic E-state index is -0.924. The Morgan fingerprint density at radius 2 is 1.70 bits per heavy atom. The fraction of sp³-hybridized carbons (Fsp3) is 0.400. The first-order valence-corrected chi connectivity index (χ1v) is 13.8. The van der Waals surface area contributed by atoms with Crippen LogP contribution in [0.3, 0.4) is 0 Å². The quantitative estimate of drug-likeness (QED) is 0.415. The van der Waals surface area contributed by atoms with Crippen LogP contribution in [0.5, 0.6) is 0 Å². The van der Waals surface area contributed by atoms with E-state index in [4.69, 9.17) is 4.98 Å². The third-order valence-corrected chi connectivity index (χ3v) is 10.5. The lowest BCUT2D eigenvalue weighted by Gasteiger charge is -2.37. The lowest BCUT2D eigenvalue weighted by molar-refractivity contribution is 0.596. The molecule has 27 heavy (non-hydrogen) atoms. The molecule has 0 saturated carbocycles. The van der Waals surface area contributed by atoms with Crippen LogP contribution in [0, 0.1) is 0 Å². The van der Waals surface area contributed by atoms with E-state index in [0.717, 1.165) is 5.92 Å². The number of hydrogen-bond acceptors (Lipinski definition) is 1. The van der Waals surface area contributed by atoms with E-state index in [2.05, 4.69) is 69.4 Å². The normalized spacial score (nSPS) is 20.4. The maximum atomic E-state index is 4.81. The van der Waals surface area contributed by atoms with Crippen molar-refractivity contribution < 1.29 is 0 Å². The Morgan fingerprint density at radius 1 is 0.963 bits per heavy atom. The summed E-state index contributed by atoms with van der Waals surface area (Å²) in [5, 5.41) is 2.74. The van der Waals surface area contributed by atoms with Crippen molar-refractivity contribution in [3.05, 3.63) is 65.4 Å². The molecule has 5 rings (SSSR count). The van der Waals surface area contributed by atoms with Crippen LogP contribution in [0.25, 0.3) is 22.0 Å². The number of pyridine rings is 1. The number of hydrogen-bond donors (Lipinski definition) is 0. The van der Waals surface area contributed by atoms with Crippen LogP contribution in [0.4, 0.5) is 0 Å². The molecule has 0 unspecified atom stereocenters. The van der Waals surface area contributed by atoms with Gasteiger partial charge in [0.1, 0.15) is 0 Å². The molecule has 1 nitrogen and oxygen atoms in total. The SMILES string of the molecule is CC1(C)c2ccccc2-c2nccc3cc(C4CC[Si](C)(C)CC4)cc1c23. The lowest BCUT2D eigenvalue weighted by Crippen LogP contribution is -2.30. The van der Waals surface area contributed by atoms with Gasteiger partial charge in [-0.1, -0.05) is 75.4 Å². The first-order valence-electron chi connectivity index (χ1n) is 10.4. The van der Waals surface area contributed by atoms with Crippen LogP contribution in [-0.4, -0.2) is 13.1 Å². The van der Waals surface area contributed by atoms with Gasteiger partial charge in [0.2, 0.25) is 0 Å². The Balaban J connectivity index is 1.72. The largest absolute Gasteiger partial charge is 0.256 e. The zero-order valence-electron chi connectivity index (χ0n) is 17.0. The molecule has 1 fully saturated rings. The Bertz CT molecular complexity index is 1040.